The molecule has 6 nitrogen and oxygen atoms in total. The number of H-pyrrole nitrogens is 1. The van der Waals surface area contributed by atoms with Crippen LogP contribution in [0, 0.1) is 0 Å². The maximum atomic E-state index is 11.7. The predicted molar refractivity (Wildman–Crippen MR) is 62.0 cm³/mol. The molecule has 0 saturated heterocycles. The summed E-state index contributed by atoms with van der Waals surface area (Å²) in [4.78, 5) is 22.6. The molecule has 90 valence electrons. The number of imidazole rings is 2. The van der Waals surface area contributed by atoms with Crippen molar-refractivity contribution in [2.75, 3.05) is 0 Å². The van der Waals surface area contributed by atoms with Crippen molar-refractivity contribution in [2.24, 2.45) is 0 Å². The Hall–Kier alpha value is -2.11. The van der Waals surface area contributed by atoms with Gasteiger partial charge in [0.1, 0.15) is 5.82 Å². The molecule has 0 aliphatic carbocycles. The van der Waals surface area contributed by atoms with E-state index in [4.69, 9.17) is 0 Å². The first-order valence-corrected chi connectivity index (χ1v) is 5.50. The number of carbonyl (C=O) groups is 1. The van der Waals surface area contributed by atoms with Gasteiger partial charge in [0.05, 0.1) is 12.4 Å². The summed E-state index contributed by atoms with van der Waals surface area (Å²) in [5.41, 5.74) is 0. The van der Waals surface area contributed by atoms with Crippen molar-refractivity contribution in [2.45, 2.75) is 25.9 Å². The van der Waals surface area contributed by atoms with Gasteiger partial charge in [0.15, 0.2) is 0 Å². The third-order valence-corrected chi connectivity index (χ3v) is 2.46. The fourth-order valence-corrected chi connectivity index (χ4v) is 1.55. The lowest BCUT2D eigenvalue weighted by Crippen LogP contribution is -2.28. The molecule has 0 spiro atoms. The number of nitrogens with one attached hydrogen (secondary N) is 2. The second-order valence-electron chi connectivity index (χ2n) is 3.81. The minimum atomic E-state index is -0.0970. The summed E-state index contributed by atoms with van der Waals surface area (Å²) in [5, 5.41) is 2.88. The van der Waals surface area contributed by atoms with E-state index in [1.807, 2.05) is 17.7 Å². The Bertz CT molecular complexity index is 448. The summed E-state index contributed by atoms with van der Waals surface area (Å²) in [6, 6.07) is -0.0970. The second-order valence-corrected chi connectivity index (χ2v) is 3.81. The van der Waals surface area contributed by atoms with Crippen molar-refractivity contribution < 1.29 is 4.79 Å². The third-order valence-electron chi connectivity index (χ3n) is 2.46. The minimum Gasteiger partial charge on any atom is -0.347 e. The monoisotopic (exact) mass is 233 g/mol. The summed E-state index contributed by atoms with van der Waals surface area (Å²) < 4.78 is 1.87. The summed E-state index contributed by atoms with van der Waals surface area (Å²) in [6.07, 6.45) is 9.07. The van der Waals surface area contributed by atoms with Gasteiger partial charge >= 0.3 is 0 Å². The molecule has 2 rings (SSSR count). The van der Waals surface area contributed by atoms with Gasteiger partial charge in [-0.3, -0.25) is 4.79 Å². The molecule has 0 aliphatic heterocycles. The molecule has 2 aromatic rings. The van der Waals surface area contributed by atoms with E-state index in [0.717, 1.165) is 5.82 Å². The molecular formula is C11H15N5O. The maximum absolute atomic E-state index is 11.7. The van der Waals surface area contributed by atoms with Crippen LogP contribution in [0.2, 0.25) is 0 Å². The number of aryl methyl sites for hydroxylation is 1. The van der Waals surface area contributed by atoms with Crippen LogP contribution in [0.1, 0.15) is 25.2 Å². The van der Waals surface area contributed by atoms with Crippen molar-refractivity contribution in [3.63, 3.8) is 0 Å². The Labute approximate surface area is 99.1 Å². The molecule has 0 bridgehead atoms. The number of amides is 1. The molecule has 1 unspecified atom stereocenters. The highest BCUT2D eigenvalue weighted by Gasteiger charge is 2.10. The van der Waals surface area contributed by atoms with E-state index in [1.165, 1.54) is 0 Å². The Kier molecular flexibility index (Phi) is 3.54. The summed E-state index contributed by atoms with van der Waals surface area (Å²) in [5.74, 6) is 0.767. The van der Waals surface area contributed by atoms with Crippen LogP contribution in [0.5, 0.6) is 0 Å². The van der Waals surface area contributed by atoms with Crippen LogP contribution in [0.4, 0.5) is 0 Å². The zero-order valence-electron chi connectivity index (χ0n) is 9.63. The molecule has 2 aromatic heterocycles. The second kappa shape index (κ2) is 5.29. The molecule has 0 fully saturated rings. The SMILES string of the molecule is CC(NC(=O)CCn1ccnc1)c1ncc[nH]1. The van der Waals surface area contributed by atoms with E-state index >= 15 is 0 Å². The largest absolute Gasteiger partial charge is 0.347 e. The molecule has 0 aromatic carbocycles. The fourth-order valence-electron chi connectivity index (χ4n) is 1.55. The van der Waals surface area contributed by atoms with Crippen molar-refractivity contribution in [1.82, 2.24) is 24.8 Å². The van der Waals surface area contributed by atoms with E-state index < -0.39 is 0 Å². The number of hydrogen-bond donors (Lipinski definition) is 2. The van der Waals surface area contributed by atoms with Crippen LogP contribution in [-0.2, 0) is 11.3 Å². The van der Waals surface area contributed by atoms with Crippen LogP contribution < -0.4 is 5.32 Å². The minimum absolute atomic E-state index is 0.00241. The topological polar surface area (TPSA) is 75.6 Å². The van der Waals surface area contributed by atoms with Crippen molar-refractivity contribution in [1.29, 1.82) is 0 Å². The van der Waals surface area contributed by atoms with Gasteiger partial charge < -0.3 is 14.9 Å². The first-order chi connectivity index (χ1) is 8.25. The van der Waals surface area contributed by atoms with Crippen molar-refractivity contribution >= 4 is 5.91 Å². The fraction of sp³-hybridized carbons (Fsp3) is 0.364. The Balaban J connectivity index is 1.77. The number of rotatable bonds is 5. The third kappa shape index (κ3) is 3.17. The first-order valence-electron chi connectivity index (χ1n) is 5.50. The van der Waals surface area contributed by atoms with Crippen LogP contribution in [0.15, 0.2) is 31.1 Å². The number of carbonyl (C=O) groups excluding carboxylic acids is 1. The predicted octanol–water partition coefficient (Wildman–Crippen LogP) is 0.874. The van der Waals surface area contributed by atoms with E-state index in [0.29, 0.717) is 13.0 Å². The van der Waals surface area contributed by atoms with Gasteiger partial charge in [-0.2, -0.15) is 0 Å². The highest BCUT2D eigenvalue weighted by molar-refractivity contribution is 5.76. The first kappa shape index (κ1) is 11.4. The maximum Gasteiger partial charge on any atom is 0.222 e. The number of aromatic nitrogens is 4. The number of nitrogens with zero attached hydrogens (tertiary/aromatic N) is 3. The molecule has 1 atom stereocenters. The summed E-state index contributed by atoms with van der Waals surface area (Å²) >= 11 is 0. The molecular weight excluding hydrogens is 218 g/mol. The standard InChI is InChI=1S/C11H15N5O/c1-9(11-13-3-4-14-11)15-10(17)2-6-16-7-5-12-8-16/h3-5,7-9H,2,6H2,1H3,(H,13,14)(H,15,17). The quantitative estimate of drug-likeness (QED) is 0.804. The van der Waals surface area contributed by atoms with E-state index in [2.05, 4.69) is 20.3 Å². The molecule has 0 aliphatic rings. The molecule has 0 radical (unpaired) electrons. The van der Waals surface area contributed by atoms with Gasteiger partial charge in [-0.25, -0.2) is 9.97 Å². The summed E-state index contributed by atoms with van der Waals surface area (Å²) in [7, 11) is 0. The average Bonchev–Trinajstić information content (AvgIpc) is 2.99. The van der Waals surface area contributed by atoms with Crippen LogP contribution in [-0.4, -0.2) is 25.4 Å². The Morgan fingerprint density at radius 1 is 1.59 bits per heavy atom. The molecule has 2 N–H and O–H groups in total. The van der Waals surface area contributed by atoms with Crippen molar-refractivity contribution in [3.05, 3.63) is 36.9 Å². The van der Waals surface area contributed by atoms with Crippen LogP contribution >= 0.6 is 0 Å². The van der Waals surface area contributed by atoms with Crippen molar-refractivity contribution in [3.8, 4) is 0 Å². The van der Waals surface area contributed by atoms with E-state index in [1.54, 1.807) is 24.9 Å². The lowest BCUT2D eigenvalue weighted by atomic mass is 10.3. The van der Waals surface area contributed by atoms with Gasteiger partial charge in [0.2, 0.25) is 5.91 Å². The zero-order valence-corrected chi connectivity index (χ0v) is 9.63. The van der Waals surface area contributed by atoms with Gasteiger partial charge in [0, 0.05) is 37.8 Å². The average molecular weight is 233 g/mol. The van der Waals surface area contributed by atoms with Gasteiger partial charge in [-0.05, 0) is 6.92 Å². The van der Waals surface area contributed by atoms with Crippen LogP contribution in [0.25, 0.3) is 0 Å². The highest BCUT2D eigenvalue weighted by atomic mass is 16.1. The number of aromatic amines is 1. The zero-order chi connectivity index (χ0) is 12.1. The molecule has 17 heavy (non-hydrogen) atoms. The van der Waals surface area contributed by atoms with Gasteiger partial charge in [-0.1, -0.05) is 0 Å². The smallest absolute Gasteiger partial charge is 0.222 e. The molecule has 6 heteroatoms. The lowest BCUT2D eigenvalue weighted by Gasteiger charge is -2.11. The van der Waals surface area contributed by atoms with Gasteiger partial charge in [0.25, 0.3) is 0 Å². The highest BCUT2D eigenvalue weighted by Crippen LogP contribution is 2.05. The van der Waals surface area contributed by atoms with E-state index in [-0.39, 0.29) is 11.9 Å². The van der Waals surface area contributed by atoms with E-state index in [9.17, 15) is 4.79 Å². The Morgan fingerprint density at radius 3 is 3.12 bits per heavy atom. The lowest BCUT2D eigenvalue weighted by molar-refractivity contribution is -0.122. The molecule has 0 saturated carbocycles. The summed E-state index contributed by atoms with van der Waals surface area (Å²) in [6.45, 7) is 2.53. The van der Waals surface area contributed by atoms with Gasteiger partial charge in [-0.15, -0.1) is 0 Å². The normalized spacial score (nSPS) is 12.3. The molecule has 2 heterocycles. The van der Waals surface area contributed by atoms with Crippen LogP contribution in [0.3, 0.4) is 0 Å². The Morgan fingerprint density at radius 2 is 2.47 bits per heavy atom. The molecule has 1 amide bonds. The number of hydrogen-bond acceptors (Lipinski definition) is 3.